The third-order valence-corrected chi connectivity index (χ3v) is 3.39. The highest BCUT2D eigenvalue weighted by molar-refractivity contribution is 5.42. The molecule has 0 aliphatic heterocycles. The average Bonchev–Trinajstić information content (AvgIpc) is 2.36. The van der Waals surface area contributed by atoms with Crippen LogP contribution in [0.5, 0.6) is 0 Å². The molecule has 1 aromatic rings. The molecule has 4 heteroatoms. The first-order valence-corrected chi connectivity index (χ1v) is 6.53. The predicted octanol–water partition coefficient (Wildman–Crippen LogP) is 3.43. The lowest BCUT2D eigenvalue weighted by Crippen LogP contribution is -2.21. The van der Waals surface area contributed by atoms with Crippen LogP contribution < -0.4 is 5.32 Å². The molecule has 0 saturated carbocycles. The van der Waals surface area contributed by atoms with Gasteiger partial charge >= 0.3 is 0 Å². The van der Waals surface area contributed by atoms with Crippen molar-refractivity contribution in [1.29, 1.82) is 0 Å². The number of rotatable bonds is 7. The number of nitrogens with one attached hydrogen (secondary N) is 1. The van der Waals surface area contributed by atoms with Gasteiger partial charge in [-0.05, 0) is 24.9 Å². The second-order valence-electron chi connectivity index (χ2n) is 4.69. The van der Waals surface area contributed by atoms with Gasteiger partial charge in [-0.15, -0.1) is 0 Å². The Hall–Kier alpha value is -1.42. The van der Waals surface area contributed by atoms with Crippen molar-refractivity contribution >= 4 is 5.69 Å². The van der Waals surface area contributed by atoms with Crippen molar-refractivity contribution in [3.8, 4) is 0 Å². The van der Waals surface area contributed by atoms with Gasteiger partial charge in [-0.1, -0.05) is 38.8 Å². The summed E-state index contributed by atoms with van der Waals surface area (Å²) < 4.78 is 0. The summed E-state index contributed by atoms with van der Waals surface area (Å²) in [6.07, 6.45) is 2.33. The lowest BCUT2D eigenvalue weighted by molar-refractivity contribution is -0.385. The van der Waals surface area contributed by atoms with Crippen LogP contribution in [-0.4, -0.2) is 11.5 Å². The highest BCUT2D eigenvalue weighted by atomic mass is 16.6. The Labute approximate surface area is 109 Å². The Morgan fingerprint density at radius 2 is 2.00 bits per heavy atom. The molecule has 0 bridgehead atoms. The number of hydrogen-bond donors (Lipinski definition) is 1. The fraction of sp³-hybridized carbons (Fsp3) is 0.571. The minimum atomic E-state index is -0.320. The first-order valence-electron chi connectivity index (χ1n) is 6.53. The fourth-order valence-electron chi connectivity index (χ4n) is 1.96. The van der Waals surface area contributed by atoms with Gasteiger partial charge in [-0.25, -0.2) is 0 Å². The van der Waals surface area contributed by atoms with Crippen LogP contribution in [0.1, 0.15) is 37.8 Å². The molecule has 0 spiro atoms. The molecule has 0 radical (unpaired) electrons. The molecule has 100 valence electrons. The highest BCUT2D eigenvalue weighted by Gasteiger charge is 2.10. The van der Waals surface area contributed by atoms with Gasteiger partial charge in [0.15, 0.2) is 0 Å². The molecule has 1 N–H and O–H groups in total. The van der Waals surface area contributed by atoms with E-state index in [4.69, 9.17) is 0 Å². The summed E-state index contributed by atoms with van der Waals surface area (Å²) >= 11 is 0. The van der Waals surface area contributed by atoms with Crippen LogP contribution in [0.2, 0.25) is 0 Å². The molecular formula is C14H22N2O2. The minimum absolute atomic E-state index is 0.205. The Bertz CT molecular complexity index is 401. The maximum Gasteiger partial charge on any atom is 0.272 e. The van der Waals surface area contributed by atoms with E-state index < -0.39 is 0 Å². The van der Waals surface area contributed by atoms with Crippen LogP contribution in [0.25, 0.3) is 0 Å². The largest absolute Gasteiger partial charge is 0.312 e. The van der Waals surface area contributed by atoms with E-state index in [-0.39, 0.29) is 10.6 Å². The van der Waals surface area contributed by atoms with Crippen molar-refractivity contribution < 1.29 is 4.92 Å². The van der Waals surface area contributed by atoms with Crippen molar-refractivity contribution in [3.05, 3.63) is 39.4 Å². The van der Waals surface area contributed by atoms with Gasteiger partial charge in [0.2, 0.25) is 0 Å². The zero-order valence-electron chi connectivity index (χ0n) is 11.4. The first kappa shape index (κ1) is 14.6. The third-order valence-electron chi connectivity index (χ3n) is 3.39. The standard InChI is InChI=1S/C14H22N2O2/c1-4-12(5-2)9-15-10-13-7-6-11(3)14(8-13)16(17)18/h6-8,12,15H,4-5,9-10H2,1-3H3. The molecule has 0 aromatic heterocycles. The fourth-order valence-corrected chi connectivity index (χ4v) is 1.96. The second kappa shape index (κ2) is 7.11. The maximum absolute atomic E-state index is 10.8. The van der Waals surface area contributed by atoms with Crippen molar-refractivity contribution in [2.24, 2.45) is 5.92 Å². The van der Waals surface area contributed by atoms with Crippen LogP contribution >= 0.6 is 0 Å². The van der Waals surface area contributed by atoms with E-state index in [1.165, 1.54) is 0 Å². The number of nitro groups is 1. The summed E-state index contributed by atoms with van der Waals surface area (Å²) in [6, 6.07) is 5.42. The Morgan fingerprint density at radius 1 is 1.33 bits per heavy atom. The Kier molecular flexibility index (Phi) is 5.78. The molecule has 0 saturated heterocycles. The molecule has 4 nitrogen and oxygen atoms in total. The summed E-state index contributed by atoms with van der Waals surface area (Å²) in [5.41, 5.74) is 1.89. The van der Waals surface area contributed by atoms with Gasteiger partial charge in [-0.2, -0.15) is 0 Å². The lowest BCUT2D eigenvalue weighted by atomic mass is 10.0. The molecule has 1 rings (SSSR count). The van der Waals surface area contributed by atoms with Gasteiger partial charge in [-0.3, -0.25) is 10.1 Å². The van der Waals surface area contributed by atoms with E-state index >= 15 is 0 Å². The van der Waals surface area contributed by atoms with Crippen molar-refractivity contribution in [1.82, 2.24) is 5.32 Å². The van der Waals surface area contributed by atoms with Crippen LogP contribution in [0, 0.1) is 23.0 Å². The normalized spacial score (nSPS) is 10.9. The average molecular weight is 250 g/mol. The molecule has 0 unspecified atom stereocenters. The van der Waals surface area contributed by atoms with Crippen LogP contribution in [0.3, 0.4) is 0 Å². The maximum atomic E-state index is 10.8. The van der Waals surface area contributed by atoms with E-state index in [1.54, 1.807) is 13.0 Å². The van der Waals surface area contributed by atoms with Crippen LogP contribution in [0.15, 0.2) is 18.2 Å². The van der Waals surface area contributed by atoms with Gasteiger partial charge < -0.3 is 5.32 Å². The van der Waals surface area contributed by atoms with Crippen LogP contribution in [0.4, 0.5) is 5.69 Å². The summed E-state index contributed by atoms with van der Waals surface area (Å²) in [4.78, 5) is 10.5. The SMILES string of the molecule is CCC(CC)CNCc1ccc(C)c([N+](=O)[O-])c1. The van der Waals surface area contributed by atoms with E-state index in [1.807, 2.05) is 12.1 Å². The molecule has 0 aliphatic rings. The molecule has 0 heterocycles. The van der Waals surface area contributed by atoms with Crippen LogP contribution in [-0.2, 0) is 6.54 Å². The molecule has 0 fully saturated rings. The highest BCUT2D eigenvalue weighted by Crippen LogP contribution is 2.19. The minimum Gasteiger partial charge on any atom is -0.312 e. The van der Waals surface area contributed by atoms with Crippen molar-refractivity contribution in [2.75, 3.05) is 6.54 Å². The molecule has 0 atom stereocenters. The molecule has 18 heavy (non-hydrogen) atoms. The van der Waals surface area contributed by atoms with E-state index in [0.29, 0.717) is 18.0 Å². The zero-order chi connectivity index (χ0) is 13.5. The van der Waals surface area contributed by atoms with E-state index in [0.717, 1.165) is 24.9 Å². The molecule has 0 amide bonds. The number of nitrogens with zero attached hydrogens (tertiary/aromatic N) is 1. The van der Waals surface area contributed by atoms with Gasteiger partial charge in [0.1, 0.15) is 0 Å². The van der Waals surface area contributed by atoms with Gasteiger partial charge in [0.05, 0.1) is 4.92 Å². The van der Waals surface area contributed by atoms with E-state index in [9.17, 15) is 10.1 Å². The van der Waals surface area contributed by atoms with E-state index in [2.05, 4.69) is 19.2 Å². The second-order valence-corrected chi connectivity index (χ2v) is 4.69. The Balaban J connectivity index is 2.58. The monoisotopic (exact) mass is 250 g/mol. The Morgan fingerprint density at radius 3 is 2.56 bits per heavy atom. The number of hydrogen-bond acceptors (Lipinski definition) is 3. The summed E-state index contributed by atoms with van der Waals surface area (Å²) in [6.45, 7) is 7.80. The number of benzene rings is 1. The smallest absolute Gasteiger partial charge is 0.272 e. The molecule has 0 aliphatic carbocycles. The zero-order valence-corrected chi connectivity index (χ0v) is 11.4. The summed E-state index contributed by atoms with van der Waals surface area (Å²) in [5, 5.41) is 14.2. The topological polar surface area (TPSA) is 55.2 Å². The summed E-state index contributed by atoms with van der Waals surface area (Å²) in [7, 11) is 0. The van der Waals surface area contributed by atoms with Gasteiger partial charge in [0.25, 0.3) is 5.69 Å². The number of aryl methyl sites for hydroxylation is 1. The van der Waals surface area contributed by atoms with Crippen molar-refractivity contribution in [2.45, 2.75) is 40.2 Å². The van der Waals surface area contributed by atoms with Crippen molar-refractivity contribution in [3.63, 3.8) is 0 Å². The lowest BCUT2D eigenvalue weighted by Gasteiger charge is -2.13. The number of nitro benzene ring substituents is 1. The predicted molar refractivity (Wildman–Crippen MR) is 73.6 cm³/mol. The molecule has 1 aromatic carbocycles. The molecular weight excluding hydrogens is 228 g/mol. The quantitative estimate of drug-likeness (QED) is 0.596. The third kappa shape index (κ3) is 4.11. The first-order chi connectivity index (χ1) is 8.58. The summed E-state index contributed by atoms with van der Waals surface area (Å²) in [5.74, 6) is 0.686. The van der Waals surface area contributed by atoms with Gasteiger partial charge in [0, 0.05) is 18.2 Å².